The van der Waals surface area contributed by atoms with Crippen molar-refractivity contribution in [3.05, 3.63) is 23.3 Å². The highest BCUT2D eigenvalue weighted by Crippen LogP contribution is 2.64. The largest absolute Gasteiger partial charge is 0.299 e. The maximum Gasteiger partial charge on any atom is 0.178 e. The summed E-state index contributed by atoms with van der Waals surface area (Å²) in [5, 5.41) is 0. The van der Waals surface area contributed by atoms with Gasteiger partial charge in [-0.05, 0) is 67.6 Å². The van der Waals surface area contributed by atoms with Crippen molar-refractivity contribution in [2.24, 2.45) is 28.6 Å². The molecule has 2 nitrogen and oxygen atoms in total. The molecule has 5 atom stereocenters. The molecule has 4 aliphatic rings. The van der Waals surface area contributed by atoms with E-state index in [1.54, 1.807) is 12.2 Å². The lowest BCUT2D eigenvalue weighted by Crippen LogP contribution is -2.53. The molecule has 0 amide bonds. The molecular formula is C20H26O2. The highest BCUT2D eigenvalue weighted by molar-refractivity contribution is 6.03. The molecule has 4 aliphatic carbocycles. The van der Waals surface area contributed by atoms with E-state index in [0.29, 0.717) is 29.5 Å². The summed E-state index contributed by atoms with van der Waals surface area (Å²) < 4.78 is 0. The van der Waals surface area contributed by atoms with Gasteiger partial charge in [-0.3, -0.25) is 9.59 Å². The van der Waals surface area contributed by atoms with Crippen LogP contribution in [0.5, 0.6) is 0 Å². The SMILES string of the molecule is CC1=CC(=O)C=C2CC(=O)[C@H]3[C@@H]4CCC[C@@]4(C)CC[C@@H]3[C@@]12C. The second kappa shape index (κ2) is 4.43. The van der Waals surface area contributed by atoms with Gasteiger partial charge in [-0.25, -0.2) is 0 Å². The van der Waals surface area contributed by atoms with Crippen molar-refractivity contribution in [2.45, 2.75) is 59.3 Å². The van der Waals surface area contributed by atoms with Gasteiger partial charge in [-0.15, -0.1) is 0 Å². The van der Waals surface area contributed by atoms with Gasteiger partial charge in [0.1, 0.15) is 5.78 Å². The first-order chi connectivity index (χ1) is 10.4. The lowest BCUT2D eigenvalue weighted by atomic mass is 9.47. The topological polar surface area (TPSA) is 34.1 Å². The number of fused-ring (bicyclic) bond motifs is 5. The number of carbonyl (C=O) groups excluding carboxylic acids is 2. The van der Waals surface area contributed by atoms with Crippen molar-refractivity contribution in [1.29, 1.82) is 0 Å². The Morgan fingerprint density at radius 2 is 1.82 bits per heavy atom. The van der Waals surface area contributed by atoms with E-state index >= 15 is 0 Å². The fourth-order valence-electron chi connectivity index (χ4n) is 6.28. The van der Waals surface area contributed by atoms with E-state index < -0.39 is 0 Å². The number of rotatable bonds is 0. The number of hydrogen-bond acceptors (Lipinski definition) is 2. The van der Waals surface area contributed by atoms with E-state index in [0.717, 1.165) is 12.0 Å². The van der Waals surface area contributed by atoms with Gasteiger partial charge in [-0.2, -0.15) is 0 Å². The number of ketones is 2. The standard InChI is InChI=1S/C20H26O2/c1-12-9-14(21)10-13-11-17(22)18-15-5-4-7-19(15,2)8-6-16(18)20(12,13)3/h9-10,15-16,18H,4-8,11H2,1-3H3/t15-,16-,18-,19-,20-/m0/s1. The summed E-state index contributed by atoms with van der Waals surface area (Å²) in [5.41, 5.74) is 2.59. The minimum absolute atomic E-state index is 0.0591. The molecule has 0 spiro atoms. The second-order valence-electron chi connectivity index (χ2n) is 8.57. The predicted octanol–water partition coefficient (Wildman–Crippen LogP) is 4.25. The molecule has 0 unspecified atom stereocenters. The van der Waals surface area contributed by atoms with Crippen molar-refractivity contribution in [3.8, 4) is 0 Å². The summed E-state index contributed by atoms with van der Waals surface area (Å²) in [4.78, 5) is 24.9. The highest BCUT2D eigenvalue weighted by atomic mass is 16.1. The molecular weight excluding hydrogens is 272 g/mol. The van der Waals surface area contributed by atoms with Crippen molar-refractivity contribution >= 4 is 11.6 Å². The minimum atomic E-state index is -0.0591. The third-order valence-corrected chi connectivity index (χ3v) is 7.69. The van der Waals surface area contributed by atoms with E-state index in [1.165, 1.54) is 31.3 Å². The smallest absolute Gasteiger partial charge is 0.178 e. The molecule has 0 saturated heterocycles. The minimum Gasteiger partial charge on any atom is -0.299 e. The third-order valence-electron chi connectivity index (χ3n) is 7.69. The molecule has 0 aromatic carbocycles. The summed E-state index contributed by atoms with van der Waals surface area (Å²) in [6, 6.07) is 0. The zero-order valence-corrected chi connectivity index (χ0v) is 13.9. The number of hydrogen-bond donors (Lipinski definition) is 0. The first-order valence-electron chi connectivity index (χ1n) is 8.83. The zero-order chi connectivity index (χ0) is 15.7. The van der Waals surface area contributed by atoms with Gasteiger partial charge in [0.15, 0.2) is 5.78 Å². The van der Waals surface area contributed by atoms with E-state index in [1.807, 2.05) is 0 Å². The molecule has 0 aromatic heterocycles. The molecule has 3 saturated carbocycles. The molecule has 3 fully saturated rings. The lowest BCUT2D eigenvalue weighted by Gasteiger charge is -2.56. The van der Waals surface area contributed by atoms with Gasteiger partial charge in [0.05, 0.1) is 0 Å². The average molecular weight is 298 g/mol. The molecule has 0 aromatic rings. The van der Waals surface area contributed by atoms with Gasteiger partial charge < -0.3 is 0 Å². The summed E-state index contributed by atoms with van der Waals surface area (Å²) in [7, 11) is 0. The maximum absolute atomic E-state index is 13.0. The first-order valence-corrected chi connectivity index (χ1v) is 8.83. The van der Waals surface area contributed by atoms with Crippen molar-refractivity contribution < 1.29 is 9.59 Å². The summed E-state index contributed by atoms with van der Waals surface area (Å²) >= 11 is 0. The monoisotopic (exact) mass is 298 g/mol. The Hall–Kier alpha value is -1.18. The molecule has 0 heterocycles. The van der Waals surface area contributed by atoms with Crippen LogP contribution in [0.25, 0.3) is 0 Å². The molecule has 0 N–H and O–H groups in total. The summed E-state index contributed by atoms with van der Waals surface area (Å²) in [5.74, 6) is 1.68. The maximum atomic E-state index is 13.0. The Bertz CT molecular complexity index is 626. The fraction of sp³-hybridized carbons (Fsp3) is 0.700. The first kappa shape index (κ1) is 14.4. The normalized spacial score (nSPS) is 47.3. The summed E-state index contributed by atoms with van der Waals surface area (Å²) in [6.07, 6.45) is 10.2. The molecule has 4 rings (SSSR count). The molecule has 118 valence electrons. The van der Waals surface area contributed by atoms with Crippen LogP contribution in [0.4, 0.5) is 0 Å². The van der Waals surface area contributed by atoms with Gasteiger partial charge >= 0.3 is 0 Å². The quantitative estimate of drug-likeness (QED) is 0.670. The third kappa shape index (κ3) is 1.67. The molecule has 0 aliphatic heterocycles. The summed E-state index contributed by atoms with van der Waals surface area (Å²) in [6.45, 7) is 6.80. The molecule has 0 bridgehead atoms. The zero-order valence-electron chi connectivity index (χ0n) is 13.9. The van der Waals surface area contributed by atoms with Gasteiger partial charge in [0.25, 0.3) is 0 Å². The average Bonchev–Trinajstić information content (AvgIpc) is 2.83. The number of carbonyl (C=O) groups is 2. The lowest BCUT2D eigenvalue weighted by molar-refractivity contribution is -0.136. The predicted molar refractivity (Wildman–Crippen MR) is 86.2 cm³/mol. The van der Waals surface area contributed by atoms with E-state index in [9.17, 15) is 9.59 Å². The Balaban J connectivity index is 1.81. The van der Waals surface area contributed by atoms with Crippen LogP contribution >= 0.6 is 0 Å². The van der Waals surface area contributed by atoms with Gasteiger partial charge in [0, 0.05) is 17.8 Å². The van der Waals surface area contributed by atoms with Crippen LogP contribution in [0.1, 0.15) is 59.3 Å². The van der Waals surface area contributed by atoms with E-state index in [2.05, 4.69) is 20.8 Å². The Kier molecular flexibility index (Phi) is 2.90. The van der Waals surface area contributed by atoms with Crippen molar-refractivity contribution in [1.82, 2.24) is 0 Å². The fourth-order valence-corrected chi connectivity index (χ4v) is 6.28. The van der Waals surface area contributed by atoms with Gasteiger partial charge in [0.2, 0.25) is 0 Å². The second-order valence-corrected chi connectivity index (χ2v) is 8.57. The highest BCUT2D eigenvalue weighted by Gasteiger charge is 2.59. The van der Waals surface area contributed by atoms with Crippen molar-refractivity contribution in [3.63, 3.8) is 0 Å². The van der Waals surface area contributed by atoms with E-state index in [-0.39, 0.29) is 17.1 Å². The number of allylic oxidation sites excluding steroid dienone is 4. The van der Waals surface area contributed by atoms with Crippen LogP contribution in [-0.4, -0.2) is 11.6 Å². The van der Waals surface area contributed by atoms with Crippen LogP contribution in [-0.2, 0) is 9.59 Å². The van der Waals surface area contributed by atoms with Crippen molar-refractivity contribution in [2.75, 3.05) is 0 Å². The van der Waals surface area contributed by atoms with E-state index in [4.69, 9.17) is 0 Å². The Labute approximate surface area is 133 Å². The van der Waals surface area contributed by atoms with Crippen LogP contribution in [0.15, 0.2) is 23.3 Å². The molecule has 22 heavy (non-hydrogen) atoms. The van der Waals surface area contributed by atoms with Crippen LogP contribution < -0.4 is 0 Å². The Morgan fingerprint density at radius 1 is 1.05 bits per heavy atom. The van der Waals surface area contributed by atoms with Crippen LogP contribution in [0, 0.1) is 28.6 Å². The van der Waals surface area contributed by atoms with Gasteiger partial charge in [-0.1, -0.05) is 25.8 Å². The van der Waals surface area contributed by atoms with Crippen LogP contribution in [0.3, 0.4) is 0 Å². The molecule has 0 radical (unpaired) electrons. The van der Waals surface area contributed by atoms with Crippen LogP contribution in [0.2, 0.25) is 0 Å². The molecule has 2 heteroatoms. The number of Topliss-reactive ketones (excluding diaryl/α,β-unsaturated/α-hetero) is 1. The Morgan fingerprint density at radius 3 is 2.59 bits per heavy atom.